The predicted octanol–water partition coefficient (Wildman–Crippen LogP) is 3.64. The molecule has 21 heavy (non-hydrogen) atoms. The predicted molar refractivity (Wildman–Crippen MR) is 86.1 cm³/mol. The summed E-state index contributed by atoms with van der Waals surface area (Å²) >= 11 is 1.77. The van der Waals surface area contributed by atoms with E-state index in [1.165, 1.54) is 4.90 Å². The van der Waals surface area contributed by atoms with Crippen LogP contribution >= 0.6 is 11.8 Å². The number of ether oxygens (including phenoxy) is 2. The molecule has 0 saturated heterocycles. The zero-order valence-electron chi connectivity index (χ0n) is 11.8. The Morgan fingerprint density at radius 3 is 2.57 bits per heavy atom. The van der Waals surface area contributed by atoms with Gasteiger partial charge < -0.3 is 15.2 Å². The Hall–Kier alpha value is -1.65. The fourth-order valence-electron chi connectivity index (χ4n) is 2.21. The minimum Gasteiger partial charge on any atom is -0.490 e. The molecule has 0 bridgehead atoms. The summed E-state index contributed by atoms with van der Waals surface area (Å²) in [6.07, 6.45) is 0.917. The van der Waals surface area contributed by atoms with Gasteiger partial charge in [0.05, 0.1) is 13.2 Å². The number of nitrogens with two attached hydrogens (primary N) is 1. The van der Waals surface area contributed by atoms with Gasteiger partial charge in [-0.25, -0.2) is 0 Å². The third-order valence-electron chi connectivity index (χ3n) is 3.37. The molecule has 0 aromatic heterocycles. The van der Waals surface area contributed by atoms with E-state index in [-0.39, 0.29) is 6.04 Å². The molecule has 0 fully saturated rings. The molecule has 1 heterocycles. The maximum atomic E-state index is 6.30. The zero-order chi connectivity index (χ0) is 14.5. The van der Waals surface area contributed by atoms with Crippen LogP contribution in [0.5, 0.6) is 11.5 Å². The molecular formula is C17H19NO2S. The summed E-state index contributed by atoms with van der Waals surface area (Å²) in [7, 11) is 0. The monoisotopic (exact) mass is 301 g/mol. The number of fused-ring (bicyclic) bond motifs is 1. The molecule has 2 N–H and O–H groups in total. The minimum atomic E-state index is -0.0210. The lowest BCUT2D eigenvalue weighted by Gasteiger charge is -2.14. The van der Waals surface area contributed by atoms with Crippen LogP contribution in [-0.4, -0.2) is 19.0 Å². The van der Waals surface area contributed by atoms with Gasteiger partial charge in [0.1, 0.15) is 0 Å². The first-order valence-electron chi connectivity index (χ1n) is 7.16. The molecule has 0 spiro atoms. The molecule has 1 unspecified atom stereocenters. The fourth-order valence-corrected chi connectivity index (χ4v) is 3.12. The van der Waals surface area contributed by atoms with E-state index in [9.17, 15) is 0 Å². The summed E-state index contributed by atoms with van der Waals surface area (Å²) in [6.45, 7) is 1.41. The van der Waals surface area contributed by atoms with Gasteiger partial charge >= 0.3 is 0 Å². The maximum absolute atomic E-state index is 6.30. The van der Waals surface area contributed by atoms with Crippen LogP contribution in [0.25, 0.3) is 0 Å². The number of benzene rings is 2. The van der Waals surface area contributed by atoms with Crippen LogP contribution in [0.1, 0.15) is 18.0 Å². The molecule has 1 aliphatic rings. The van der Waals surface area contributed by atoms with Crippen LogP contribution in [0.2, 0.25) is 0 Å². The molecule has 4 heteroatoms. The Kier molecular flexibility index (Phi) is 4.68. The molecule has 0 radical (unpaired) electrons. The van der Waals surface area contributed by atoms with E-state index in [0.29, 0.717) is 13.2 Å². The normalized spacial score (nSPS) is 15.3. The second-order valence-electron chi connectivity index (χ2n) is 4.99. The van der Waals surface area contributed by atoms with Crippen LogP contribution < -0.4 is 15.2 Å². The van der Waals surface area contributed by atoms with Crippen molar-refractivity contribution in [3.63, 3.8) is 0 Å². The molecular weight excluding hydrogens is 282 g/mol. The third-order valence-corrected chi connectivity index (χ3v) is 4.50. The molecule has 3 nitrogen and oxygen atoms in total. The second-order valence-corrected chi connectivity index (χ2v) is 6.08. The standard InChI is InChI=1S/C17H19NO2S/c18-15(12-21-14-5-2-1-3-6-14)13-7-8-16-17(11-13)20-10-4-9-19-16/h1-3,5-8,11,15H,4,9-10,12,18H2. The van der Waals surface area contributed by atoms with Crippen molar-refractivity contribution < 1.29 is 9.47 Å². The van der Waals surface area contributed by atoms with Crippen molar-refractivity contribution in [2.45, 2.75) is 17.4 Å². The molecule has 110 valence electrons. The van der Waals surface area contributed by atoms with Crippen molar-refractivity contribution in [3.8, 4) is 11.5 Å². The molecule has 0 saturated carbocycles. The average Bonchev–Trinajstić information content (AvgIpc) is 2.78. The fraction of sp³-hybridized carbons (Fsp3) is 0.294. The molecule has 0 aliphatic carbocycles. The highest BCUT2D eigenvalue weighted by Crippen LogP contribution is 2.33. The Labute approximate surface area is 129 Å². The van der Waals surface area contributed by atoms with Gasteiger partial charge in [-0.15, -0.1) is 11.8 Å². The Morgan fingerprint density at radius 2 is 1.76 bits per heavy atom. The van der Waals surface area contributed by atoms with Crippen LogP contribution in [0.3, 0.4) is 0 Å². The van der Waals surface area contributed by atoms with Crippen LogP contribution in [0.4, 0.5) is 0 Å². The lowest BCUT2D eigenvalue weighted by atomic mass is 10.1. The van der Waals surface area contributed by atoms with Gasteiger partial charge in [-0.3, -0.25) is 0 Å². The number of thioether (sulfide) groups is 1. The second kappa shape index (κ2) is 6.87. The number of hydrogen-bond donors (Lipinski definition) is 1. The molecule has 0 amide bonds. The van der Waals surface area contributed by atoms with Gasteiger partial charge in [-0.05, 0) is 29.8 Å². The van der Waals surface area contributed by atoms with Gasteiger partial charge in [-0.2, -0.15) is 0 Å². The zero-order valence-corrected chi connectivity index (χ0v) is 12.6. The van der Waals surface area contributed by atoms with E-state index in [1.807, 2.05) is 36.4 Å². The highest BCUT2D eigenvalue weighted by atomic mass is 32.2. The first-order valence-corrected chi connectivity index (χ1v) is 8.14. The van der Waals surface area contributed by atoms with E-state index in [0.717, 1.165) is 29.2 Å². The summed E-state index contributed by atoms with van der Waals surface area (Å²) < 4.78 is 11.4. The molecule has 3 rings (SSSR count). The average molecular weight is 301 g/mol. The summed E-state index contributed by atoms with van der Waals surface area (Å²) in [5.41, 5.74) is 7.38. The van der Waals surface area contributed by atoms with E-state index in [1.54, 1.807) is 11.8 Å². The van der Waals surface area contributed by atoms with E-state index >= 15 is 0 Å². The quantitative estimate of drug-likeness (QED) is 0.876. The van der Waals surface area contributed by atoms with Crippen molar-refractivity contribution in [2.24, 2.45) is 5.73 Å². The molecule has 2 aromatic rings. The lowest BCUT2D eigenvalue weighted by molar-refractivity contribution is 0.297. The lowest BCUT2D eigenvalue weighted by Crippen LogP contribution is -2.13. The first-order chi connectivity index (χ1) is 10.3. The van der Waals surface area contributed by atoms with E-state index < -0.39 is 0 Å². The molecule has 1 aliphatic heterocycles. The van der Waals surface area contributed by atoms with Gasteiger partial charge in [0.15, 0.2) is 11.5 Å². The van der Waals surface area contributed by atoms with Crippen LogP contribution in [-0.2, 0) is 0 Å². The summed E-state index contributed by atoms with van der Waals surface area (Å²) in [4.78, 5) is 1.24. The van der Waals surface area contributed by atoms with Gasteiger partial charge in [0.25, 0.3) is 0 Å². The number of rotatable bonds is 4. The largest absolute Gasteiger partial charge is 0.490 e. The van der Waals surface area contributed by atoms with Gasteiger partial charge in [0.2, 0.25) is 0 Å². The summed E-state index contributed by atoms with van der Waals surface area (Å²) in [5, 5.41) is 0. The van der Waals surface area contributed by atoms with Crippen LogP contribution in [0, 0.1) is 0 Å². The molecule has 1 atom stereocenters. The highest BCUT2D eigenvalue weighted by Gasteiger charge is 2.14. The SMILES string of the molecule is NC(CSc1ccccc1)c1ccc2c(c1)OCCCO2. The number of hydrogen-bond acceptors (Lipinski definition) is 4. The van der Waals surface area contributed by atoms with Crippen molar-refractivity contribution in [2.75, 3.05) is 19.0 Å². The first kappa shape index (κ1) is 14.3. The minimum absolute atomic E-state index is 0.0210. The van der Waals surface area contributed by atoms with Crippen molar-refractivity contribution in [1.82, 2.24) is 0 Å². The van der Waals surface area contributed by atoms with E-state index in [2.05, 4.69) is 12.1 Å². The van der Waals surface area contributed by atoms with E-state index in [4.69, 9.17) is 15.2 Å². The Balaban J connectivity index is 1.67. The van der Waals surface area contributed by atoms with Crippen molar-refractivity contribution in [3.05, 3.63) is 54.1 Å². The topological polar surface area (TPSA) is 44.5 Å². The van der Waals surface area contributed by atoms with Crippen molar-refractivity contribution >= 4 is 11.8 Å². The van der Waals surface area contributed by atoms with Gasteiger partial charge in [0, 0.05) is 23.1 Å². The highest BCUT2D eigenvalue weighted by molar-refractivity contribution is 7.99. The Morgan fingerprint density at radius 1 is 1.00 bits per heavy atom. The third kappa shape index (κ3) is 3.71. The summed E-state index contributed by atoms with van der Waals surface area (Å²) in [5.74, 6) is 2.47. The Bertz CT molecular complexity index is 589. The van der Waals surface area contributed by atoms with Crippen molar-refractivity contribution in [1.29, 1.82) is 0 Å². The maximum Gasteiger partial charge on any atom is 0.161 e. The smallest absolute Gasteiger partial charge is 0.161 e. The molecule has 2 aromatic carbocycles. The van der Waals surface area contributed by atoms with Crippen LogP contribution in [0.15, 0.2) is 53.4 Å². The van der Waals surface area contributed by atoms with Gasteiger partial charge in [-0.1, -0.05) is 24.3 Å². The summed E-state index contributed by atoms with van der Waals surface area (Å²) in [6, 6.07) is 16.3.